The van der Waals surface area contributed by atoms with E-state index in [0.717, 1.165) is 9.79 Å². The molecule has 0 heterocycles. The van der Waals surface area contributed by atoms with Crippen molar-refractivity contribution in [2.75, 3.05) is 0 Å². The summed E-state index contributed by atoms with van der Waals surface area (Å²) in [6.07, 6.45) is 0. The average molecular weight is 366 g/mol. The molecule has 0 aliphatic rings. The van der Waals surface area contributed by atoms with Crippen molar-refractivity contribution >= 4 is 23.7 Å². The molecule has 5 nitrogen and oxygen atoms in total. The molecule has 2 N–H and O–H groups in total. The van der Waals surface area contributed by atoms with E-state index < -0.39 is 11.9 Å². The molecule has 0 amide bonds. The lowest BCUT2D eigenvalue weighted by Crippen LogP contribution is -2.07. The fourth-order valence-corrected chi connectivity index (χ4v) is 3.12. The highest BCUT2D eigenvalue weighted by molar-refractivity contribution is 7.99. The SMILES string of the molecule is O=C(O)c1ccc(Oc2ccc(Sc3ccccc3)cc2)cc1C(=O)O. The Morgan fingerprint density at radius 2 is 1.27 bits per heavy atom. The maximum Gasteiger partial charge on any atom is 0.336 e. The molecule has 0 saturated carbocycles. The molecule has 3 aromatic carbocycles. The highest BCUT2D eigenvalue weighted by Gasteiger charge is 2.17. The van der Waals surface area contributed by atoms with Crippen LogP contribution in [0.25, 0.3) is 0 Å². The summed E-state index contributed by atoms with van der Waals surface area (Å²) >= 11 is 1.62. The molecule has 0 spiro atoms. The Morgan fingerprint density at radius 1 is 0.692 bits per heavy atom. The normalized spacial score (nSPS) is 10.3. The van der Waals surface area contributed by atoms with E-state index in [1.165, 1.54) is 18.2 Å². The molecule has 0 aliphatic carbocycles. The van der Waals surface area contributed by atoms with Gasteiger partial charge in [0.1, 0.15) is 11.5 Å². The van der Waals surface area contributed by atoms with E-state index in [2.05, 4.69) is 0 Å². The molecule has 3 rings (SSSR count). The number of carbonyl (C=O) groups is 2. The third kappa shape index (κ3) is 4.23. The Morgan fingerprint density at radius 3 is 1.88 bits per heavy atom. The van der Waals surface area contributed by atoms with Crippen molar-refractivity contribution < 1.29 is 24.5 Å². The van der Waals surface area contributed by atoms with Gasteiger partial charge in [0.25, 0.3) is 0 Å². The van der Waals surface area contributed by atoms with Gasteiger partial charge in [-0.15, -0.1) is 0 Å². The lowest BCUT2D eigenvalue weighted by Gasteiger charge is -2.09. The van der Waals surface area contributed by atoms with Gasteiger partial charge in [-0.3, -0.25) is 0 Å². The van der Waals surface area contributed by atoms with E-state index in [1.54, 1.807) is 23.9 Å². The summed E-state index contributed by atoms with van der Waals surface area (Å²) in [5.74, 6) is -1.82. The highest BCUT2D eigenvalue weighted by Crippen LogP contribution is 2.30. The minimum atomic E-state index is -1.32. The first kappa shape index (κ1) is 17.6. The molecule has 0 saturated heterocycles. The average Bonchev–Trinajstić information content (AvgIpc) is 2.64. The van der Waals surface area contributed by atoms with Crippen molar-refractivity contribution in [3.63, 3.8) is 0 Å². The fraction of sp³-hybridized carbons (Fsp3) is 0. The van der Waals surface area contributed by atoms with E-state index in [0.29, 0.717) is 5.75 Å². The summed E-state index contributed by atoms with van der Waals surface area (Å²) in [6.45, 7) is 0. The number of rotatable bonds is 6. The monoisotopic (exact) mass is 366 g/mol. The van der Waals surface area contributed by atoms with Gasteiger partial charge in [-0.2, -0.15) is 0 Å². The first-order valence-electron chi connectivity index (χ1n) is 7.64. The van der Waals surface area contributed by atoms with Crippen LogP contribution in [-0.4, -0.2) is 22.2 Å². The van der Waals surface area contributed by atoms with Crippen LogP contribution in [0, 0.1) is 0 Å². The third-order valence-electron chi connectivity index (χ3n) is 3.49. The van der Waals surface area contributed by atoms with Crippen LogP contribution in [0.1, 0.15) is 20.7 Å². The highest BCUT2D eigenvalue weighted by atomic mass is 32.2. The van der Waals surface area contributed by atoms with Crippen LogP contribution in [0.2, 0.25) is 0 Å². The Balaban J connectivity index is 1.76. The Bertz CT molecular complexity index is 936. The summed E-state index contributed by atoms with van der Waals surface area (Å²) in [6, 6.07) is 21.2. The van der Waals surface area contributed by atoms with E-state index in [4.69, 9.17) is 14.9 Å². The molecule has 0 radical (unpaired) electrons. The van der Waals surface area contributed by atoms with Gasteiger partial charge in [0, 0.05) is 9.79 Å². The zero-order chi connectivity index (χ0) is 18.5. The van der Waals surface area contributed by atoms with Crippen molar-refractivity contribution in [1.82, 2.24) is 0 Å². The van der Waals surface area contributed by atoms with E-state index >= 15 is 0 Å². The van der Waals surface area contributed by atoms with Crippen molar-refractivity contribution in [2.24, 2.45) is 0 Å². The second kappa shape index (κ2) is 7.76. The second-order valence-corrected chi connectivity index (χ2v) is 6.45. The van der Waals surface area contributed by atoms with Gasteiger partial charge in [-0.25, -0.2) is 9.59 Å². The van der Waals surface area contributed by atoms with Crippen LogP contribution in [0.5, 0.6) is 11.5 Å². The molecule has 0 unspecified atom stereocenters. The zero-order valence-corrected chi connectivity index (χ0v) is 14.3. The fourth-order valence-electron chi connectivity index (χ4n) is 2.29. The number of aromatic carboxylic acids is 2. The summed E-state index contributed by atoms with van der Waals surface area (Å²) in [5.41, 5.74) is -0.592. The van der Waals surface area contributed by atoms with E-state index in [-0.39, 0.29) is 16.9 Å². The lowest BCUT2D eigenvalue weighted by atomic mass is 10.1. The second-order valence-electron chi connectivity index (χ2n) is 5.31. The molecule has 26 heavy (non-hydrogen) atoms. The van der Waals surface area contributed by atoms with Crippen molar-refractivity contribution in [2.45, 2.75) is 9.79 Å². The summed E-state index contributed by atoms with van der Waals surface area (Å²) < 4.78 is 5.64. The summed E-state index contributed by atoms with van der Waals surface area (Å²) in [4.78, 5) is 24.5. The third-order valence-corrected chi connectivity index (χ3v) is 4.51. The van der Waals surface area contributed by atoms with Crippen molar-refractivity contribution in [1.29, 1.82) is 0 Å². The van der Waals surface area contributed by atoms with Crippen LogP contribution < -0.4 is 4.74 Å². The van der Waals surface area contributed by atoms with Crippen molar-refractivity contribution in [3.05, 3.63) is 83.9 Å². The zero-order valence-electron chi connectivity index (χ0n) is 13.5. The van der Waals surface area contributed by atoms with E-state index in [1.807, 2.05) is 42.5 Å². The molecule has 130 valence electrons. The minimum absolute atomic E-state index is 0.260. The summed E-state index contributed by atoms with van der Waals surface area (Å²) in [7, 11) is 0. The first-order chi connectivity index (χ1) is 12.5. The molecule has 6 heteroatoms. The number of hydrogen-bond acceptors (Lipinski definition) is 4. The van der Waals surface area contributed by atoms with E-state index in [9.17, 15) is 9.59 Å². The maximum atomic E-state index is 11.2. The molecule has 0 aromatic heterocycles. The largest absolute Gasteiger partial charge is 0.478 e. The standard InChI is InChI=1S/C20H14O5S/c21-19(22)17-11-8-14(12-18(17)20(23)24)25-13-6-9-16(10-7-13)26-15-4-2-1-3-5-15/h1-12H,(H,21,22)(H,23,24). The smallest absolute Gasteiger partial charge is 0.336 e. The van der Waals surface area contributed by atoms with Gasteiger partial charge >= 0.3 is 11.9 Å². The Hall–Kier alpha value is -3.25. The first-order valence-corrected chi connectivity index (χ1v) is 8.46. The van der Waals surface area contributed by atoms with Gasteiger partial charge in [-0.1, -0.05) is 30.0 Å². The number of ether oxygens (including phenoxy) is 1. The summed E-state index contributed by atoms with van der Waals surface area (Å²) in [5, 5.41) is 18.2. The van der Waals surface area contributed by atoms with Crippen LogP contribution in [0.4, 0.5) is 0 Å². The Kier molecular flexibility index (Phi) is 5.24. The number of carboxylic acids is 2. The quantitative estimate of drug-likeness (QED) is 0.637. The molecular formula is C20H14O5S. The van der Waals surface area contributed by atoms with Crippen molar-refractivity contribution in [3.8, 4) is 11.5 Å². The molecule has 3 aromatic rings. The molecule has 0 atom stereocenters. The van der Waals surface area contributed by atoms with Gasteiger partial charge in [-0.05, 0) is 54.6 Å². The van der Waals surface area contributed by atoms with Crippen LogP contribution in [-0.2, 0) is 0 Å². The number of hydrogen-bond donors (Lipinski definition) is 2. The minimum Gasteiger partial charge on any atom is -0.478 e. The van der Waals surface area contributed by atoms with Gasteiger partial charge in [0.15, 0.2) is 0 Å². The van der Waals surface area contributed by atoms with Gasteiger partial charge in [0.05, 0.1) is 11.1 Å². The number of benzene rings is 3. The molecular weight excluding hydrogens is 352 g/mol. The predicted molar refractivity (Wildman–Crippen MR) is 97.4 cm³/mol. The van der Waals surface area contributed by atoms with Gasteiger partial charge < -0.3 is 14.9 Å². The molecule has 0 aliphatic heterocycles. The van der Waals surface area contributed by atoms with Gasteiger partial charge in [0.2, 0.25) is 0 Å². The van der Waals surface area contributed by atoms with Crippen LogP contribution in [0.15, 0.2) is 82.6 Å². The van der Waals surface area contributed by atoms with Crippen LogP contribution >= 0.6 is 11.8 Å². The maximum absolute atomic E-state index is 11.2. The Labute approximate surface area is 153 Å². The lowest BCUT2D eigenvalue weighted by molar-refractivity contribution is 0.0651. The topological polar surface area (TPSA) is 83.8 Å². The number of carboxylic acid groups (broad SMARTS) is 2. The predicted octanol–water partition coefficient (Wildman–Crippen LogP) is 5.03. The van der Waals surface area contributed by atoms with Crippen LogP contribution in [0.3, 0.4) is 0 Å². The molecule has 0 bridgehead atoms. The molecule has 0 fully saturated rings.